The first-order chi connectivity index (χ1) is 13.0. The molecule has 1 aromatic rings. The van der Waals surface area contributed by atoms with Crippen molar-refractivity contribution in [2.75, 3.05) is 19.7 Å². The van der Waals surface area contributed by atoms with Gasteiger partial charge in [-0.05, 0) is 43.4 Å². The number of carbonyl (C=O) groups excluding carboxylic acids is 3. The molecule has 1 aromatic carbocycles. The maximum atomic E-state index is 13.1. The van der Waals surface area contributed by atoms with Crippen LogP contribution in [0.25, 0.3) is 0 Å². The minimum atomic E-state index is -0.954. The van der Waals surface area contributed by atoms with Gasteiger partial charge in [0.2, 0.25) is 0 Å². The van der Waals surface area contributed by atoms with Crippen LogP contribution in [-0.2, 0) is 20.9 Å². The molecular formula is C19H22FN3O4. The number of piperidine rings is 1. The van der Waals surface area contributed by atoms with Crippen molar-refractivity contribution in [1.29, 1.82) is 0 Å². The van der Waals surface area contributed by atoms with Crippen LogP contribution in [0.5, 0.6) is 0 Å². The van der Waals surface area contributed by atoms with E-state index in [-0.39, 0.29) is 30.3 Å². The van der Waals surface area contributed by atoms with Gasteiger partial charge in [-0.2, -0.15) is 0 Å². The van der Waals surface area contributed by atoms with E-state index in [1.807, 2.05) is 0 Å². The van der Waals surface area contributed by atoms with Crippen molar-refractivity contribution in [1.82, 2.24) is 15.1 Å². The summed E-state index contributed by atoms with van der Waals surface area (Å²) in [4.78, 5) is 40.7. The number of likely N-dealkylation sites (tertiary alicyclic amines) is 1. The van der Waals surface area contributed by atoms with Crippen molar-refractivity contribution >= 4 is 17.8 Å². The van der Waals surface area contributed by atoms with Crippen LogP contribution in [-0.4, -0.2) is 59.0 Å². The number of urea groups is 1. The second kappa shape index (κ2) is 6.92. The third kappa shape index (κ3) is 3.29. The molecule has 27 heavy (non-hydrogen) atoms. The van der Waals surface area contributed by atoms with E-state index in [1.54, 1.807) is 17.0 Å². The summed E-state index contributed by atoms with van der Waals surface area (Å²) < 4.78 is 18.5. The summed E-state index contributed by atoms with van der Waals surface area (Å²) in [6.45, 7) is 1.54. The van der Waals surface area contributed by atoms with Crippen LogP contribution in [0.3, 0.4) is 0 Å². The molecule has 8 heteroatoms. The summed E-state index contributed by atoms with van der Waals surface area (Å²) in [5.41, 5.74) is -0.271. The lowest BCUT2D eigenvalue weighted by molar-refractivity contribution is -0.145. The van der Waals surface area contributed by atoms with Crippen LogP contribution in [0.2, 0.25) is 0 Å². The van der Waals surface area contributed by atoms with Gasteiger partial charge in [0.25, 0.3) is 11.8 Å². The number of imide groups is 1. The zero-order valence-corrected chi connectivity index (χ0v) is 14.9. The molecule has 3 aliphatic rings. The molecule has 0 bridgehead atoms. The number of ether oxygens (including phenoxy) is 1. The molecule has 3 heterocycles. The molecule has 4 rings (SSSR count). The van der Waals surface area contributed by atoms with Gasteiger partial charge in [-0.3, -0.25) is 14.5 Å². The molecule has 0 saturated carbocycles. The van der Waals surface area contributed by atoms with Gasteiger partial charge in [0.05, 0.1) is 6.54 Å². The maximum Gasteiger partial charge on any atom is 0.325 e. The third-order valence-electron chi connectivity index (χ3n) is 5.63. The largest absolute Gasteiger partial charge is 0.368 e. The summed E-state index contributed by atoms with van der Waals surface area (Å²) in [7, 11) is 0. The standard InChI is InChI=1S/C19H22FN3O4/c20-14-5-3-13(4-6-14)12-23-17(25)19(21-18(23)26)7-9-22(10-8-19)16(24)15-2-1-11-27-15/h3-6,15H,1-2,7-12H2,(H,21,26)/t15-/m1/s1. The van der Waals surface area contributed by atoms with E-state index >= 15 is 0 Å². The first-order valence-electron chi connectivity index (χ1n) is 9.27. The number of nitrogens with zero attached hydrogens (tertiary/aromatic N) is 2. The number of halogens is 1. The zero-order chi connectivity index (χ0) is 19.0. The average Bonchev–Trinajstić information content (AvgIpc) is 3.28. The van der Waals surface area contributed by atoms with E-state index in [9.17, 15) is 18.8 Å². The number of hydrogen-bond acceptors (Lipinski definition) is 4. The highest BCUT2D eigenvalue weighted by Gasteiger charge is 2.52. The maximum absolute atomic E-state index is 13.1. The van der Waals surface area contributed by atoms with E-state index < -0.39 is 11.6 Å². The second-order valence-corrected chi connectivity index (χ2v) is 7.36. The quantitative estimate of drug-likeness (QED) is 0.811. The van der Waals surface area contributed by atoms with Crippen molar-refractivity contribution in [3.8, 4) is 0 Å². The van der Waals surface area contributed by atoms with Gasteiger partial charge >= 0.3 is 6.03 Å². The fourth-order valence-corrected chi connectivity index (χ4v) is 4.02. The molecule has 7 nitrogen and oxygen atoms in total. The number of carbonyl (C=O) groups is 3. The van der Waals surface area contributed by atoms with Crippen LogP contribution < -0.4 is 5.32 Å². The van der Waals surface area contributed by atoms with Crippen LogP contribution in [0.4, 0.5) is 9.18 Å². The predicted molar refractivity (Wildman–Crippen MR) is 93.0 cm³/mol. The lowest BCUT2D eigenvalue weighted by atomic mass is 9.87. The summed E-state index contributed by atoms with van der Waals surface area (Å²) >= 11 is 0. The number of nitrogens with one attached hydrogen (secondary N) is 1. The molecule has 1 N–H and O–H groups in total. The molecule has 0 unspecified atom stereocenters. The van der Waals surface area contributed by atoms with Gasteiger partial charge < -0.3 is 15.0 Å². The third-order valence-corrected chi connectivity index (χ3v) is 5.63. The smallest absolute Gasteiger partial charge is 0.325 e. The fourth-order valence-electron chi connectivity index (χ4n) is 4.02. The Morgan fingerprint density at radius 1 is 1.22 bits per heavy atom. The number of amides is 4. The Morgan fingerprint density at radius 2 is 1.93 bits per heavy atom. The monoisotopic (exact) mass is 375 g/mol. The highest BCUT2D eigenvalue weighted by Crippen LogP contribution is 2.31. The van der Waals surface area contributed by atoms with Gasteiger partial charge in [0.15, 0.2) is 0 Å². The van der Waals surface area contributed by atoms with Crippen LogP contribution in [0.15, 0.2) is 24.3 Å². The molecule has 0 aliphatic carbocycles. The van der Waals surface area contributed by atoms with Gasteiger partial charge in [0, 0.05) is 19.7 Å². The Bertz CT molecular complexity index is 753. The number of rotatable bonds is 3. The first kappa shape index (κ1) is 17.9. The molecular weight excluding hydrogens is 353 g/mol. The number of benzene rings is 1. The topological polar surface area (TPSA) is 79.0 Å². The molecule has 3 saturated heterocycles. The highest BCUT2D eigenvalue weighted by atomic mass is 19.1. The first-order valence-corrected chi connectivity index (χ1v) is 9.27. The molecule has 144 valence electrons. The van der Waals surface area contributed by atoms with Crippen LogP contribution >= 0.6 is 0 Å². The number of hydrogen-bond donors (Lipinski definition) is 1. The highest BCUT2D eigenvalue weighted by molar-refractivity contribution is 6.07. The van der Waals surface area contributed by atoms with Crippen LogP contribution in [0, 0.1) is 5.82 Å². The Labute approximate surface area is 156 Å². The lowest BCUT2D eigenvalue weighted by Gasteiger charge is -2.38. The molecule has 1 spiro atoms. The second-order valence-electron chi connectivity index (χ2n) is 7.36. The van der Waals surface area contributed by atoms with Gasteiger partial charge in [0.1, 0.15) is 17.5 Å². The van der Waals surface area contributed by atoms with Gasteiger partial charge in [-0.15, -0.1) is 0 Å². The Kier molecular flexibility index (Phi) is 4.59. The Morgan fingerprint density at radius 3 is 2.56 bits per heavy atom. The Hall–Kier alpha value is -2.48. The van der Waals surface area contributed by atoms with Crippen molar-refractivity contribution in [2.45, 2.75) is 43.9 Å². The molecule has 4 amide bonds. The summed E-state index contributed by atoms with van der Waals surface area (Å²) in [5.74, 6) is -0.668. The Balaban J connectivity index is 1.41. The average molecular weight is 375 g/mol. The fraction of sp³-hybridized carbons (Fsp3) is 0.526. The SMILES string of the molecule is O=C([C@H]1CCCO1)N1CCC2(CC1)NC(=O)N(Cc1ccc(F)cc1)C2=O. The molecule has 1 atom stereocenters. The van der Waals surface area contributed by atoms with Crippen LogP contribution in [0.1, 0.15) is 31.2 Å². The minimum Gasteiger partial charge on any atom is -0.368 e. The zero-order valence-electron chi connectivity index (χ0n) is 14.9. The molecule has 3 fully saturated rings. The summed E-state index contributed by atoms with van der Waals surface area (Å²) in [5, 5.41) is 2.82. The van der Waals surface area contributed by atoms with Crippen molar-refractivity contribution in [2.24, 2.45) is 0 Å². The molecule has 0 radical (unpaired) electrons. The summed E-state index contributed by atoms with van der Waals surface area (Å²) in [6, 6.07) is 5.29. The van der Waals surface area contributed by atoms with E-state index in [0.717, 1.165) is 12.8 Å². The normalized spacial score (nSPS) is 24.6. The van der Waals surface area contributed by atoms with E-state index in [1.165, 1.54) is 17.0 Å². The van der Waals surface area contributed by atoms with Gasteiger partial charge in [-0.25, -0.2) is 9.18 Å². The van der Waals surface area contributed by atoms with E-state index in [0.29, 0.717) is 38.1 Å². The van der Waals surface area contributed by atoms with E-state index in [4.69, 9.17) is 4.74 Å². The van der Waals surface area contributed by atoms with Crippen molar-refractivity contribution < 1.29 is 23.5 Å². The minimum absolute atomic E-state index is 0.0257. The lowest BCUT2D eigenvalue weighted by Crippen LogP contribution is -2.57. The predicted octanol–water partition coefficient (Wildman–Crippen LogP) is 1.42. The molecule has 3 aliphatic heterocycles. The van der Waals surface area contributed by atoms with Gasteiger partial charge in [-0.1, -0.05) is 12.1 Å². The van der Waals surface area contributed by atoms with Crippen molar-refractivity contribution in [3.05, 3.63) is 35.6 Å². The van der Waals surface area contributed by atoms with E-state index in [2.05, 4.69) is 5.32 Å². The molecule has 0 aromatic heterocycles. The van der Waals surface area contributed by atoms with Crippen molar-refractivity contribution in [3.63, 3.8) is 0 Å². The summed E-state index contributed by atoms with van der Waals surface area (Å²) in [6.07, 6.45) is 2.03.